The Labute approximate surface area is 150 Å². The molecule has 0 spiro atoms. The number of benzene rings is 1. The highest BCUT2D eigenvalue weighted by Gasteiger charge is 2.13. The van der Waals surface area contributed by atoms with E-state index in [0.29, 0.717) is 0 Å². The lowest BCUT2D eigenvalue weighted by Crippen LogP contribution is -2.24. The molecule has 1 aromatic carbocycles. The summed E-state index contributed by atoms with van der Waals surface area (Å²) in [5.41, 5.74) is 7.59. The van der Waals surface area contributed by atoms with Crippen LogP contribution >= 0.6 is 0 Å². The number of hydrogen-bond acceptors (Lipinski definition) is 3. The molecule has 0 N–H and O–H groups in total. The molecule has 3 heteroatoms. The molecule has 3 aromatic rings. The van der Waals surface area contributed by atoms with Crippen LogP contribution in [-0.4, -0.2) is 14.9 Å². The van der Waals surface area contributed by atoms with Crippen LogP contribution in [0.2, 0.25) is 0 Å². The summed E-state index contributed by atoms with van der Waals surface area (Å²) in [6, 6.07) is 16.7. The van der Waals surface area contributed by atoms with E-state index in [0.717, 1.165) is 31.0 Å². The molecule has 0 fully saturated rings. The molecule has 0 saturated heterocycles. The summed E-state index contributed by atoms with van der Waals surface area (Å²) in [7, 11) is 0. The van der Waals surface area contributed by atoms with E-state index in [4.69, 9.17) is 0 Å². The lowest BCUT2D eigenvalue weighted by atomic mass is 9.99. The van der Waals surface area contributed by atoms with Crippen molar-refractivity contribution in [2.75, 3.05) is 0 Å². The fourth-order valence-electron chi connectivity index (χ4n) is 3.29. The van der Waals surface area contributed by atoms with Crippen LogP contribution in [0.5, 0.6) is 0 Å². The van der Waals surface area contributed by atoms with Gasteiger partial charge in [-0.3, -0.25) is 14.9 Å². The van der Waals surface area contributed by atoms with E-state index in [2.05, 4.69) is 59.9 Å². The summed E-state index contributed by atoms with van der Waals surface area (Å²) in [5, 5.41) is 0. The van der Waals surface area contributed by atoms with Gasteiger partial charge in [0.2, 0.25) is 0 Å². The van der Waals surface area contributed by atoms with Crippen LogP contribution in [0.4, 0.5) is 0 Å². The molecule has 2 aromatic heterocycles. The average Bonchev–Trinajstić information content (AvgIpc) is 2.60. The van der Waals surface area contributed by atoms with Gasteiger partial charge < -0.3 is 0 Å². The first-order chi connectivity index (χ1) is 12.1. The molecular weight excluding hydrogens is 306 g/mol. The normalized spacial score (nSPS) is 11.0. The van der Waals surface area contributed by atoms with E-state index in [1.54, 1.807) is 0 Å². The minimum absolute atomic E-state index is 0.810. The SMILES string of the molecule is Cc1cc(C)c(CN(Cc2ccccn2)Cc2ccccn2)c(C)c1. The highest BCUT2D eigenvalue weighted by atomic mass is 15.1. The van der Waals surface area contributed by atoms with Crippen LogP contribution in [0.1, 0.15) is 33.6 Å². The molecule has 0 atom stereocenters. The second kappa shape index (κ2) is 8.04. The summed E-state index contributed by atoms with van der Waals surface area (Å²) < 4.78 is 0. The summed E-state index contributed by atoms with van der Waals surface area (Å²) >= 11 is 0. The highest BCUT2D eigenvalue weighted by Crippen LogP contribution is 2.20. The van der Waals surface area contributed by atoms with Crippen LogP contribution in [-0.2, 0) is 19.6 Å². The third-order valence-corrected chi connectivity index (χ3v) is 4.45. The van der Waals surface area contributed by atoms with Crippen molar-refractivity contribution in [1.29, 1.82) is 0 Å². The molecule has 0 aliphatic rings. The number of rotatable bonds is 6. The van der Waals surface area contributed by atoms with Crippen molar-refractivity contribution in [2.24, 2.45) is 0 Å². The molecule has 0 bridgehead atoms. The third kappa shape index (κ3) is 4.74. The molecule has 25 heavy (non-hydrogen) atoms. The number of hydrogen-bond donors (Lipinski definition) is 0. The van der Waals surface area contributed by atoms with Gasteiger partial charge in [0.25, 0.3) is 0 Å². The van der Waals surface area contributed by atoms with Crippen LogP contribution in [0.25, 0.3) is 0 Å². The molecular formula is C22H25N3. The maximum absolute atomic E-state index is 4.50. The Kier molecular flexibility index (Phi) is 5.56. The zero-order valence-electron chi connectivity index (χ0n) is 15.2. The standard InChI is InChI=1S/C22H25N3/c1-17-12-18(2)22(19(3)13-17)16-25(14-20-8-4-6-10-23-20)15-21-9-5-7-11-24-21/h4-13H,14-16H2,1-3H3. The zero-order valence-corrected chi connectivity index (χ0v) is 15.2. The van der Waals surface area contributed by atoms with Crippen molar-refractivity contribution in [3.05, 3.63) is 94.6 Å². The van der Waals surface area contributed by atoms with Crippen molar-refractivity contribution in [3.63, 3.8) is 0 Å². The van der Waals surface area contributed by atoms with Crippen molar-refractivity contribution >= 4 is 0 Å². The Morgan fingerprint density at radius 3 is 1.68 bits per heavy atom. The lowest BCUT2D eigenvalue weighted by Gasteiger charge is -2.24. The molecule has 0 aliphatic carbocycles. The third-order valence-electron chi connectivity index (χ3n) is 4.45. The monoisotopic (exact) mass is 331 g/mol. The van der Waals surface area contributed by atoms with Gasteiger partial charge in [0, 0.05) is 32.0 Å². The maximum Gasteiger partial charge on any atom is 0.0544 e. The van der Waals surface area contributed by atoms with Gasteiger partial charge in [0.15, 0.2) is 0 Å². The fraction of sp³-hybridized carbons (Fsp3) is 0.273. The average molecular weight is 331 g/mol. The van der Waals surface area contributed by atoms with Gasteiger partial charge in [-0.2, -0.15) is 0 Å². The van der Waals surface area contributed by atoms with Crippen molar-refractivity contribution in [2.45, 2.75) is 40.4 Å². The van der Waals surface area contributed by atoms with Gasteiger partial charge in [-0.1, -0.05) is 29.8 Å². The van der Waals surface area contributed by atoms with Crippen molar-refractivity contribution < 1.29 is 0 Å². The van der Waals surface area contributed by atoms with Crippen LogP contribution < -0.4 is 0 Å². The number of nitrogens with zero attached hydrogens (tertiary/aromatic N) is 3. The van der Waals surface area contributed by atoms with E-state index in [1.165, 1.54) is 22.3 Å². The molecule has 0 aliphatic heterocycles. The predicted molar refractivity (Wildman–Crippen MR) is 102 cm³/mol. The quantitative estimate of drug-likeness (QED) is 0.661. The Bertz CT molecular complexity index is 749. The Morgan fingerprint density at radius 1 is 0.720 bits per heavy atom. The molecule has 128 valence electrons. The predicted octanol–water partition coefficient (Wildman–Crippen LogP) is 4.60. The van der Waals surface area contributed by atoms with Gasteiger partial charge >= 0.3 is 0 Å². The number of aryl methyl sites for hydroxylation is 3. The van der Waals surface area contributed by atoms with Crippen molar-refractivity contribution in [1.82, 2.24) is 14.9 Å². The molecule has 0 radical (unpaired) electrons. The van der Waals surface area contributed by atoms with Crippen LogP contribution in [0, 0.1) is 20.8 Å². The van der Waals surface area contributed by atoms with Gasteiger partial charge in [0.1, 0.15) is 0 Å². The number of aromatic nitrogens is 2. The minimum atomic E-state index is 0.810. The fourth-order valence-corrected chi connectivity index (χ4v) is 3.29. The summed E-state index contributed by atoms with van der Waals surface area (Å²) in [4.78, 5) is 11.4. The second-order valence-corrected chi connectivity index (χ2v) is 6.66. The maximum atomic E-state index is 4.50. The first-order valence-corrected chi connectivity index (χ1v) is 8.71. The summed E-state index contributed by atoms with van der Waals surface area (Å²) in [5.74, 6) is 0. The lowest BCUT2D eigenvalue weighted by molar-refractivity contribution is 0.241. The van der Waals surface area contributed by atoms with E-state index >= 15 is 0 Å². The molecule has 0 unspecified atom stereocenters. The molecule has 2 heterocycles. The smallest absolute Gasteiger partial charge is 0.0544 e. The number of pyridine rings is 2. The largest absolute Gasteiger partial charge is 0.287 e. The van der Waals surface area contributed by atoms with Crippen molar-refractivity contribution in [3.8, 4) is 0 Å². The highest BCUT2D eigenvalue weighted by molar-refractivity contribution is 5.37. The molecule has 3 nitrogen and oxygen atoms in total. The molecule has 0 saturated carbocycles. The van der Waals surface area contributed by atoms with Crippen LogP contribution in [0.3, 0.4) is 0 Å². The Balaban J connectivity index is 1.85. The second-order valence-electron chi connectivity index (χ2n) is 6.66. The van der Waals surface area contributed by atoms with E-state index in [-0.39, 0.29) is 0 Å². The molecule has 0 amide bonds. The summed E-state index contributed by atoms with van der Waals surface area (Å²) in [6.45, 7) is 9.08. The van der Waals surface area contributed by atoms with E-state index < -0.39 is 0 Å². The summed E-state index contributed by atoms with van der Waals surface area (Å²) in [6.07, 6.45) is 3.72. The van der Waals surface area contributed by atoms with E-state index in [1.807, 2.05) is 36.7 Å². The zero-order chi connectivity index (χ0) is 17.6. The molecule has 3 rings (SSSR count). The van der Waals surface area contributed by atoms with Gasteiger partial charge in [0.05, 0.1) is 11.4 Å². The Hall–Kier alpha value is -2.52. The van der Waals surface area contributed by atoms with Crippen LogP contribution in [0.15, 0.2) is 60.9 Å². The van der Waals surface area contributed by atoms with Gasteiger partial charge in [-0.15, -0.1) is 0 Å². The first kappa shape index (κ1) is 17.3. The minimum Gasteiger partial charge on any atom is -0.287 e. The van der Waals surface area contributed by atoms with Gasteiger partial charge in [-0.25, -0.2) is 0 Å². The first-order valence-electron chi connectivity index (χ1n) is 8.71. The topological polar surface area (TPSA) is 29.0 Å². The van der Waals surface area contributed by atoms with Gasteiger partial charge in [-0.05, 0) is 61.7 Å². The van der Waals surface area contributed by atoms with E-state index in [9.17, 15) is 0 Å². The Morgan fingerprint density at radius 2 is 1.24 bits per heavy atom.